The first-order valence-electron chi connectivity index (χ1n) is 12.8. The van der Waals surface area contributed by atoms with E-state index in [0.29, 0.717) is 19.2 Å². The van der Waals surface area contributed by atoms with Crippen molar-refractivity contribution < 1.29 is 23.5 Å². The predicted molar refractivity (Wildman–Crippen MR) is 127 cm³/mol. The molecule has 1 aromatic carbocycles. The number of carbonyl (C=O) groups is 2. The normalized spacial score (nSPS) is 28.0. The number of halogens is 1. The molecule has 34 heavy (non-hydrogen) atoms. The van der Waals surface area contributed by atoms with Crippen molar-refractivity contribution in [3.63, 3.8) is 0 Å². The van der Waals surface area contributed by atoms with Crippen molar-refractivity contribution in [3.8, 4) is 0 Å². The summed E-state index contributed by atoms with van der Waals surface area (Å²) in [5, 5.41) is 0. The number of fused-ring (bicyclic) bond motifs is 4. The standard InChI is InChI=1S/C26H36FN3O4/c1-3-13-34-25(32)30-19-5-4-6-20(30)16-21(15-19)28-11-9-26(10-12-28)17-29(24(31)33-2)23-8-7-18(27)14-22(23)26/h7-8,14,19-21H,3-6,9-13,15-17H2,1-2H3. The number of hydrogen-bond donors (Lipinski definition) is 0. The van der Waals surface area contributed by atoms with Gasteiger partial charge in [-0.3, -0.25) is 4.90 Å². The molecule has 0 radical (unpaired) electrons. The predicted octanol–water partition coefficient (Wildman–Crippen LogP) is 4.68. The largest absolute Gasteiger partial charge is 0.452 e. The molecule has 4 heterocycles. The van der Waals surface area contributed by atoms with Gasteiger partial charge in [-0.15, -0.1) is 0 Å². The molecule has 0 N–H and O–H groups in total. The summed E-state index contributed by atoms with van der Waals surface area (Å²) in [7, 11) is 1.39. The third kappa shape index (κ3) is 4.04. The summed E-state index contributed by atoms with van der Waals surface area (Å²) >= 11 is 0. The Morgan fingerprint density at radius 2 is 1.79 bits per heavy atom. The van der Waals surface area contributed by atoms with Crippen LogP contribution < -0.4 is 4.90 Å². The van der Waals surface area contributed by atoms with E-state index in [9.17, 15) is 14.0 Å². The summed E-state index contributed by atoms with van der Waals surface area (Å²) in [5.41, 5.74) is 1.47. The van der Waals surface area contributed by atoms with Gasteiger partial charge < -0.3 is 19.3 Å². The molecule has 1 aromatic rings. The lowest BCUT2D eigenvalue weighted by Gasteiger charge is -2.52. The zero-order valence-electron chi connectivity index (χ0n) is 20.3. The van der Waals surface area contributed by atoms with Crippen LogP contribution in [-0.2, 0) is 14.9 Å². The Morgan fingerprint density at radius 1 is 1.09 bits per heavy atom. The number of ether oxygens (including phenoxy) is 2. The topological polar surface area (TPSA) is 62.3 Å². The van der Waals surface area contributed by atoms with Gasteiger partial charge in [0.1, 0.15) is 5.82 Å². The lowest BCUT2D eigenvalue weighted by Crippen LogP contribution is -2.60. The molecule has 4 aliphatic heterocycles. The Bertz CT molecular complexity index is 919. The maximum atomic E-state index is 14.2. The number of nitrogens with zero attached hydrogens (tertiary/aromatic N) is 3. The van der Waals surface area contributed by atoms with E-state index in [0.717, 1.165) is 69.3 Å². The van der Waals surface area contributed by atoms with Gasteiger partial charge in [-0.1, -0.05) is 6.92 Å². The summed E-state index contributed by atoms with van der Waals surface area (Å²) in [5.74, 6) is -0.262. The van der Waals surface area contributed by atoms with Gasteiger partial charge in [0.05, 0.1) is 19.4 Å². The number of hydrogen-bond acceptors (Lipinski definition) is 5. The first kappa shape index (κ1) is 23.4. The Labute approximate surface area is 201 Å². The second-order valence-electron chi connectivity index (χ2n) is 10.4. The molecule has 2 amide bonds. The lowest BCUT2D eigenvalue weighted by atomic mass is 9.73. The fourth-order valence-corrected chi connectivity index (χ4v) is 6.87. The van der Waals surface area contributed by atoms with Crippen LogP contribution in [0.5, 0.6) is 0 Å². The number of rotatable bonds is 3. The molecule has 5 rings (SSSR count). The van der Waals surface area contributed by atoms with E-state index in [1.807, 2.05) is 11.8 Å². The maximum absolute atomic E-state index is 14.2. The van der Waals surface area contributed by atoms with Crippen molar-refractivity contribution in [1.29, 1.82) is 0 Å². The van der Waals surface area contributed by atoms with Gasteiger partial charge in [0.25, 0.3) is 0 Å². The molecule has 0 aromatic heterocycles. The average molecular weight is 474 g/mol. The SMILES string of the molecule is CCCOC(=O)N1C2CCCC1CC(N1CCC3(CC1)CN(C(=O)OC)c1ccc(F)cc13)C2. The van der Waals surface area contributed by atoms with Crippen LogP contribution in [0.15, 0.2) is 18.2 Å². The molecule has 0 aliphatic carbocycles. The first-order valence-corrected chi connectivity index (χ1v) is 12.8. The number of carbonyl (C=O) groups excluding carboxylic acids is 2. The highest BCUT2D eigenvalue weighted by atomic mass is 19.1. The van der Waals surface area contributed by atoms with Crippen LogP contribution in [0.25, 0.3) is 0 Å². The van der Waals surface area contributed by atoms with Crippen LogP contribution in [0, 0.1) is 5.82 Å². The molecule has 4 aliphatic rings. The van der Waals surface area contributed by atoms with Crippen LogP contribution in [-0.4, -0.2) is 73.5 Å². The number of piperidine rings is 3. The van der Waals surface area contributed by atoms with Crippen LogP contribution in [0.2, 0.25) is 0 Å². The molecule has 0 saturated carbocycles. The summed E-state index contributed by atoms with van der Waals surface area (Å²) in [6, 6.07) is 5.70. The van der Waals surface area contributed by atoms with E-state index in [-0.39, 0.29) is 35.5 Å². The van der Waals surface area contributed by atoms with E-state index >= 15 is 0 Å². The van der Waals surface area contributed by atoms with Gasteiger partial charge in [0, 0.05) is 30.1 Å². The highest BCUT2D eigenvalue weighted by Crippen LogP contribution is 2.48. The quantitative estimate of drug-likeness (QED) is 0.638. The highest BCUT2D eigenvalue weighted by molar-refractivity contribution is 5.91. The average Bonchev–Trinajstić information content (AvgIpc) is 3.14. The van der Waals surface area contributed by atoms with E-state index in [4.69, 9.17) is 9.47 Å². The van der Waals surface area contributed by atoms with Crippen molar-refractivity contribution in [2.24, 2.45) is 0 Å². The molecular weight excluding hydrogens is 437 g/mol. The molecule has 3 saturated heterocycles. The second kappa shape index (κ2) is 9.36. The lowest BCUT2D eigenvalue weighted by molar-refractivity contribution is -0.0176. The van der Waals surface area contributed by atoms with E-state index in [2.05, 4.69) is 4.90 Å². The number of benzene rings is 1. The monoisotopic (exact) mass is 473 g/mol. The molecule has 2 unspecified atom stereocenters. The summed E-state index contributed by atoms with van der Waals surface area (Å²) in [4.78, 5) is 31.4. The van der Waals surface area contributed by atoms with Crippen molar-refractivity contribution in [1.82, 2.24) is 9.80 Å². The molecule has 2 atom stereocenters. The second-order valence-corrected chi connectivity index (χ2v) is 10.4. The van der Waals surface area contributed by atoms with Gasteiger partial charge in [-0.2, -0.15) is 0 Å². The van der Waals surface area contributed by atoms with E-state index < -0.39 is 0 Å². The number of likely N-dealkylation sites (tertiary alicyclic amines) is 1. The molecule has 7 nitrogen and oxygen atoms in total. The molecule has 186 valence electrons. The first-order chi connectivity index (χ1) is 16.5. The molecule has 2 bridgehead atoms. The zero-order chi connectivity index (χ0) is 23.9. The Morgan fingerprint density at radius 3 is 2.44 bits per heavy atom. The Balaban J connectivity index is 1.28. The smallest absolute Gasteiger partial charge is 0.414 e. The fraction of sp³-hybridized carbons (Fsp3) is 0.692. The number of methoxy groups -OCH3 is 1. The van der Waals surface area contributed by atoms with Gasteiger partial charge >= 0.3 is 12.2 Å². The summed E-state index contributed by atoms with van der Waals surface area (Å²) in [6.07, 6.45) is 7.33. The van der Waals surface area contributed by atoms with Gasteiger partial charge in [-0.05, 0) is 88.2 Å². The van der Waals surface area contributed by atoms with Crippen molar-refractivity contribution in [2.75, 3.05) is 38.3 Å². The van der Waals surface area contributed by atoms with Crippen molar-refractivity contribution in [3.05, 3.63) is 29.6 Å². The van der Waals surface area contributed by atoms with Crippen LogP contribution in [0.3, 0.4) is 0 Å². The molecule has 3 fully saturated rings. The Hall–Kier alpha value is -2.35. The summed E-state index contributed by atoms with van der Waals surface area (Å²) < 4.78 is 24.7. The minimum atomic E-state index is -0.387. The summed E-state index contributed by atoms with van der Waals surface area (Å²) in [6.45, 7) is 4.87. The highest BCUT2D eigenvalue weighted by Gasteiger charge is 2.49. The Kier molecular flexibility index (Phi) is 6.44. The molecule has 1 spiro atoms. The van der Waals surface area contributed by atoms with Gasteiger partial charge in [0.2, 0.25) is 0 Å². The van der Waals surface area contributed by atoms with Gasteiger partial charge in [0.15, 0.2) is 0 Å². The number of amides is 2. The van der Waals surface area contributed by atoms with Crippen LogP contribution in [0.1, 0.15) is 63.9 Å². The van der Waals surface area contributed by atoms with E-state index in [1.165, 1.54) is 19.6 Å². The molecular formula is C26H36FN3O4. The maximum Gasteiger partial charge on any atom is 0.414 e. The van der Waals surface area contributed by atoms with Gasteiger partial charge in [-0.25, -0.2) is 14.0 Å². The fourth-order valence-electron chi connectivity index (χ4n) is 6.87. The van der Waals surface area contributed by atoms with Crippen molar-refractivity contribution >= 4 is 17.9 Å². The van der Waals surface area contributed by atoms with E-state index in [1.54, 1.807) is 17.0 Å². The number of anilines is 1. The third-order valence-corrected chi connectivity index (χ3v) is 8.54. The van der Waals surface area contributed by atoms with Crippen LogP contribution >= 0.6 is 0 Å². The van der Waals surface area contributed by atoms with Crippen LogP contribution in [0.4, 0.5) is 19.7 Å². The third-order valence-electron chi connectivity index (χ3n) is 8.54. The minimum absolute atomic E-state index is 0.139. The molecule has 8 heteroatoms. The zero-order valence-corrected chi connectivity index (χ0v) is 20.3. The minimum Gasteiger partial charge on any atom is -0.452 e. The van der Waals surface area contributed by atoms with Crippen molar-refractivity contribution in [2.45, 2.75) is 81.8 Å².